The number of anilines is 1. The number of benzene rings is 1. The molecular formula is C13H11ClN2O. The standard InChI is InChI=1S/C13H11ClN2O/c1-9-3-2-4-11(7-9)16-13(17)12-6-5-10(14)8-15-12/h2-8H,1H3,(H,16,17). The number of aryl methyl sites for hydroxylation is 1. The van der Waals surface area contributed by atoms with Gasteiger partial charge in [0.05, 0.1) is 5.02 Å². The molecule has 0 aliphatic heterocycles. The van der Waals surface area contributed by atoms with Gasteiger partial charge >= 0.3 is 0 Å². The molecule has 0 aliphatic carbocycles. The molecule has 0 spiro atoms. The monoisotopic (exact) mass is 246 g/mol. The van der Waals surface area contributed by atoms with Crippen LogP contribution in [0.15, 0.2) is 42.6 Å². The normalized spacial score (nSPS) is 10.0. The lowest BCUT2D eigenvalue weighted by atomic mass is 10.2. The van der Waals surface area contributed by atoms with E-state index in [1.807, 2.05) is 31.2 Å². The molecule has 0 saturated carbocycles. The van der Waals surface area contributed by atoms with E-state index >= 15 is 0 Å². The molecule has 1 amide bonds. The first-order valence-electron chi connectivity index (χ1n) is 5.15. The van der Waals surface area contributed by atoms with Gasteiger partial charge in [-0.15, -0.1) is 0 Å². The van der Waals surface area contributed by atoms with Crippen LogP contribution in [0.25, 0.3) is 0 Å². The third-order valence-corrected chi connectivity index (χ3v) is 2.46. The molecule has 1 heterocycles. The van der Waals surface area contributed by atoms with Gasteiger partial charge in [0.1, 0.15) is 5.69 Å². The third-order valence-electron chi connectivity index (χ3n) is 2.24. The van der Waals surface area contributed by atoms with E-state index in [0.717, 1.165) is 11.3 Å². The molecule has 0 aliphatic rings. The van der Waals surface area contributed by atoms with Crippen molar-refractivity contribution in [3.8, 4) is 0 Å². The molecule has 0 atom stereocenters. The Morgan fingerprint density at radius 2 is 2.12 bits per heavy atom. The average molecular weight is 247 g/mol. The SMILES string of the molecule is Cc1cccc(NC(=O)c2ccc(Cl)cn2)c1. The summed E-state index contributed by atoms with van der Waals surface area (Å²) in [4.78, 5) is 15.8. The second kappa shape index (κ2) is 4.97. The Morgan fingerprint density at radius 1 is 1.29 bits per heavy atom. The number of amides is 1. The molecule has 86 valence electrons. The zero-order chi connectivity index (χ0) is 12.3. The Bertz CT molecular complexity index is 537. The number of aromatic nitrogens is 1. The summed E-state index contributed by atoms with van der Waals surface area (Å²) in [5.74, 6) is -0.243. The van der Waals surface area contributed by atoms with E-state index in [-0.39, 0.29) is 5.91 Å². The molecule has 0 fully saturated rings. The lowest BCUT2D eigenvalue weighted by molar-refractivity contribution is 0.102. The number of nitrogens with one attached hydrogen (secondary N) is 1. The molecule has 0 unspecified atom stereocenters. The van der Waals surface area contributed by atoms with Crippen molar-refractivity contribution in [1.29, 1.82) is 0 Å². The van der Waals surface area contributed by atoms with Gasteiger partial charge in [-0.05, 0) is 36.8 Å². The smallest absolute Gasteiger partial charge is 0.274 e. The predicted molar refractivity (Wildman–Crippen MR) is 68.4 cm³/mol. The Balaban J connectivity index is 2.14. The first-order valence-corrected chi connectivity index (χ1v) is 5.52. The predicted octanol–water partition coefficient (Wildman–Crippen LogP) is 3.30. The molecule has 1 N–H and O–H groups in total. The largest absolute Gasteiger partial charge is 0.321 e. The van der Waals surface area contributed by atoms with Gasteiger partial charge in [0, 0.05) is 11.9 Å². The van der Waals surface area contributed by atoms with Crippen LogP contribution in [0.2, 0.25) is 5.02 Å². The summed E-state index contributed by atoms with van der Waals surface area (Å²) < 4.78 is 0. The summed E-state index contributed by atoms with van der Waals surface area (Å²) in [7, 11) is 0. The second-order valence-electron chi connectivity index (χ2n) is 3.69. The van der Waals surface area contributed by atoms with Crippen molar-refractivity contribution in [1.82, 2.24) is 4.98 Å². The van der Waals surface area contributed by atoms with Crippen molar-refractivity contribution in [2.45, 2.75) is 6.92 Å². The number of pyridine rings is 1. The molecule has 4 heteroatoms. The summed E-state index contributed by atoms with van der Waals surface area (Å²) in [6.07, 6.45) is 1.45. The van der Waals surface area contributed by atoms with Gasteiger partial charge < -0.3 is 5.32 Å². The minimum Gasteiger partial charge on any atom is -0.321 e. The van der Waals surface area contributed by atoms with E-state index in [1.54, 1.807) is 12.1 Å². The zero-order valence-electron chi connectivity index (χ0n) is 9.27. The quantitative estimate of drug-likeness (QED) is 0.884. The van der Waals surface area contributed by atoms with Crippen molar-refractivity contribution < 1.29 is 4.79 Å². The van der Waals surface area contributed by atoms with E-state index in [4.69, 9.17) is 11.6 Å². The molecule has 0 saturated heterocycles. The fraction of sp³-hybridized carbons (Fsp3) is 0.0769. The number of halogens is 1. The van der Waals surface area contributed by atoms with Crippen molar-refractivity contribution in [2.75, 3.05) is 5.32 Å². The lowest BCUT2D eigenvalue weighted by Crippen LogP contribution is -2.13. The minimum absolute atomic E-state index is 0.243. The van der Waals surface area contributed by atoms with Crippen LogP contribution in [0.3, 0.4) is 0 Å². The number of hydrogen-bond acceptors (Lipinski definition) is 2. The first-order chi connectivity index (χ1) is 8.15. The maximum atomic E-state index is 11.8. The van der Waals surface area contributed by atoms with Gasteiger partial charge in [-0.3, -0.25) is 4.79 Å². The van der Waals surface area contributed by atoms with Gasteiger partial charge in [-0.25, -0.2) is 4.98 Å². The maximum Gasteiger partial charge on any atom is 0.274 e. The van der Waals surface area contributed by atoms with Crippen molar-refractivity contribution in [3.05, 3.63) is 58.9 Å². The number of nitrogens with zero attached hydrogens (tertiary/aromatic N) is 1. The summed E-state index contributed by atoms with van der Waals surface area (Å²) in [6, 6.07) is 10.8. The molecule has 1 aromatic carbocycles. The number of rotatable bonds is 2. The Hall–Kier alpha value is -1.87. The fourth-order valence-electron chi connectivity index (χ4n) is 1.43. The highest BCUT2D eigenvalue weighted by molar-refractivity contribution is 6.30. The van der Waals surface area contributed by atoms with Gasteiger partial charge in [0.25, 0.3) is 5.91 Å². The van der Waals surface area contributed by atoms with Crippen molar-refractivity contribution >= 4 is 23.2 Å². The minimum atomic E-state index is -0.243. The summed E-state index contributed by atoms with van der Waals surface area (Å²) >= 11 is 5.70. The van der Waals surface area contributed by atoms with E-state index in [0.29, 0.717) is 10.7 Å². The van der Waals surface area contributed by atoms with E-state index in [9.17, 15) is 4.79 Å². The second-order valence-corrected chi connectivity index (χ2v) is 4.12. The number of hydrogen-bond donors (Lipinski definition) is 1. The van der Waals surface area contributed by atoms with Crippen LogP contribution in [-0.2, 0) is 0 Å². The molecule has 0 bridgehead atoms. The Kier molecular flexibility index (Phi) is 3.40. The van der Waals surface area contributed by atoms with E-state index in [1.165, 1.54) is 6.20 Å². The van der Waals surface area contributed by atoms with Crippen LogP contribution in [0.1, 0.15) is 16.1 Å². The number of carbonyl (C=O) groups is 1. The van der Waals surface area contributed by atoms with Crippen molar-refractivity contribution in [2.24, 2.45) is 0 Å². The highest BCUT2D eigenvalue weighted by Crippen LogP contribution is 2.12. The van der Waals surface area contributed by atoms with Crippen LogP contribution < -0.4 is 5.32 Å². The highest BCUT2D eigenvalue weighted by Gasteiger charge is 2.07. The molecule has 0 radical (unpaired) electrons. The topological polar surface area (TPSA) is 42.0 Å². The lowest BCUT2D eigenvalue weighted by Gasteiger charge is -2.05. The van der Waals surface area contributed by atoms with Gasteiger partial charge in [-0.2, -0.15) is 0 Å². The van der Waals surface area contributed by atoms with Crippen LogP contribution in [0.4, 0.5) is 5.69 Å². The summed E-state index contributed by atoms with van der Waals surface area (Å²) in [6.45, 7) is 1.97. The van der Waals surface area contributed by atoms with Gasteiger partial charge in [0.2, 0.25) is 0 Å². The van der Waals surface area contributed by atoms with Crippen LogP contribution >= 0.6 is 11.6 Å². The first kappa shape index (κ1) is 11.6. The van der Waals surface area contributed by atoms with Gasteiger partial charge in [0.15, 0.2) is 0 Å². The summed E-state index contributed by atoms with van der Waals surface area (Å²) in [5.41, 5.74) is 2.19. The molecule has 1 aromatic heterocycles. The summed E-state index contributed by atoms with van der Waals surface area (Å²) in [5, 5.41) is 3.29. The van der Waals surface area contributed by atoms with Crippen LogP contribution in [0.5, 0.6) is 0 Å². The highest BCUT2D eigenvalue weighted by atomic mass is 35.5. The molecular weight excluding hydrogens is 236 g/mol. The van der Waals surface area contributed by atoms with Crippen LogP contribution in [-0.4, -0.2) is 10.9 Å². The fourth-order valence-corrected chi connectivity index (χ4v) is 1.54. The third kappa shape index (κ3) is 3.04. The van der Waals surface area contributed by atoms with Crippen LogP contribution in [0, 0.1) is 6.92 Å². The molecule has 2 rings (SSSR count). The molecule has 3 nitrogen and oxygen atoms in total. The van der Waals surface area contributed by atoms with E-state index < -0.39 is 0 Å². The molecule has 2 aromatic rings. The Morgan fingerprint density at radius 3 is 2.76 bits per heavy atom. The molecule has 17 heavy (non-hydrogen) atoms. The Labute approximate surface area is 104 Å². The zero-order valence-corrected chi connectivity index (χ0v) is 10.0. The van der Waals surface area contributed by atoms with Gasteiger partial charge in [-0.1, -0.05) is 23.7 Å². The van der Waals surface area contributed by atoms with Crippen molar-refractivity contribution in [3.63, 3.8) is 0 Å². The number of carbonyl (C=O) groups excluding carboxylic acids is 1. The maximum absolute atomic E-state index is 11.8. The van der Waals surface area contributed by atoms with E-state index in [2.05, 4.69) is 10.3 Å². The average Bonchev–Trinajstić information content (AvgIpc) is 2.29.